The second-order valence-electron chi connectivity index (χ2n) is 9.10. The highest BCUT2D eigenvalue weighted by Gasteiger charge is 2.30. The maximum absolute atomic E-state index is 12.9. The number of benzene rings is 3. The van der Waals surface area contributed by atoms with Gasteiger partial charge in [-0.2, -0.15) is 0 Å². The molecule has 0 radical (unpaired) electrons. The van der Waals surface area contributed by atoms with Crippen LogP contribution in [0.2, 0.25) is 5.02 Å². The van der Waals surface area contributed by atoms with Gasteiger partial charge >= 0.3 is 5.97 Å². The van der Waals surface area contributed by atoms with Gasteiger partial charge < -0.3 is 14.8 Å². The van der Waals surface area contributed by atoms with Gasteiger partial charge in [0, 0.05) is 28.1 Å². The van der Waals surface area contributed by atoms with Crippen molar-refractivity contribution in [1.29, 1.82) is 0 Å². The van der Waals surface area contributed by atoms with Gasteiger partial charge in [0.05, 0.1) is 13.0 Å². The highest BCUT2D eigenvalue weighted by Crippen LogP contribution is 2.39. The van der Waals surface area contributed by atoms with E-state index in [1.807, 2.05) is 72.8 Å². The third kappa shape index (κ3) is 5.15. The SMILES string of the molecule is CCOC(=O)Cc1cccc(-c2cc3cc(C4(O)C=CC(c5ccccc5)=CC4)c(Cl)cc3[nH]c2=O)c1. The first-order valence-corrected chi connectivity index (χ1v) is 12.5. The molecule has 5 rings (SSSR count). The Morgan fingerprint density at radius 1 is 1.05 bits per heavy atom. The van der Waals surface area contributed by atoms with Gasteiger partial charge in [-0.05, 0) is 58.8 Å². The van der Waals surface area contributed by atoms with Crippen LogP contribution in [-0.4, -0.2) is 22.7 Å². The fourth-order valence-electron chi connectivity index (χ4n) is 4.68. The molecule has 6 heteroatoms. The van der Waals surface area contributed by atoms with E-state index in [2.05, 4.69) is 4.98 Å². The number of esters is 1. The number of aliphatic hydroxyl groups is 1. The topological polar surface area (TPSA) is 79.4 Å². The van der Waals surface area contributed by atoms with Crippen LogP contribution in [0.25, 0.3) is 27.6 Å². The van der Waals surface area contributed by atoms with Crippen LogP contribution in [0.15, 0.2) is 95.8 Å². The number of carbonyl (C=O) groups is 1. The quantitative estimate of drug-likeness (QED) is 0.303. The zero-order valence-corrected chi connectivity index (χ0v) is 21.1. The molecule has 0 saturated heterocycles. The first kappa shape index (κ1) is 24.8. The number of pyridine rings is 1. The van der Waals surface area contributed by atoms with Crippen molar-refractivity contribution < 1.29 is 14.6 Å². The Morgan fingerprint density at radius 3 is 2.57 bits per heavy atom. The van der Waals surface area contributed by atoms with Crippen molar-refractivity contribution in [3.8, 4) is 11.1 Å². The van der Waals surface area contributed by atoms with Crippen LogP contribution < -0.4 is 5.56 Å². The summed E-state index contributed by atoms with van der Waals surface area (Å²) in [5, 5.41) is 12.6. The van der Waals surface area contributed by atoms with Gasteiger partial charge in [-0.15, -0.1) is 0 Å². The monoisotopic (exact) mass is 511 g/mol. The molecule has 1 aliphatic carbocycles. The standard InChI is InChI=1S/C31H26ClNO4/c1-2-37-29(34)16-20-7-6-10-23(15-20)25-17-24-18-26(27(32)19-28(24)33-30(25)35)31(36)13-11-22(12-14-31)21-8-4-3-5-9-21/h3-13,15,17-19,36H,2,14,16H2,1H3,(H,33,35). The van der Waals surface area contributed by atoms with Crippen LogP contribution in [0.4, 0.5) is 0 Å². The number of ether oxygens (including phenoxy) is 1. The first-order valence-electron chi connectivity index (χ1n) is 12.2. The van der Waals surface area contributed by atoms with Gasteiger partial charge in [0.15, 0.2) is 0 Å². The minimum Gasteiger partial charge on any atom is -0.466 e. The lowest BCUT2D eigenvalue weighted by Crippen LogP contribution is -2.24. The second-order valence-corrected chi connectivity index (χ2v) is 9.51. The van der Waals surface area contributed by atoms with Crippen LogP contribution in [0.1, 0.15) is 30.0 Å². The van der Waals surface area contributed by atoms with E-state index in [1.165, 1.54) is 0 Å². The molecule has 1 unspecified atom stereocenters. The largest absolute Gasteiger partial charge is 0.466 e. The van der Waals surface area contributed by atoms with Gasteiger partial charge in [0.25, 0.3) is 5.56 Å². The number of H-pyrrole nitrogens is 1. The lowest BCUT2D eigenvalue weighted by Gasteiger charge is -2.28. The number of hydrogen-bond donors (Lipinski definition) is 2. The molecule has 37 heavy (non-hydrogen) atoms. The van der Waals surface area contributed by atoms with Crippen molar-refractivity contribution >= 4 is 34.0 Å². The van der Waals surface area contributed by atoms with Crippen molar-refractivity contribution in [3.63, 3.8) is 0 Å². The van der Waals surface area contributed by atoms with Crippen LogP contribution in [-0.2, 0) is 21.6 Å². The number of allylic oxidation sites excluding steroid dienone is 2. The smallest absolute Gasteiger partial charge is 0.310 e. The van der Waals surface area contributed by atoms with Crippen LogP contribution in [0, 0.1) is 0 Å². The Morgan fingerprint density at radius 2 is 1.84 bits per heavy atom. The van der Waals surface area contributed by atoms with Crippen molar-refractivity contribution in [3.05, 3.63) is 123 Å². The van der Waals surface area contributed by atoms with E-state index >= 15 is 0 Å². The van der Waals surface area contributed by atoms with E-state index in [0.29, 0.717) is 40.3 Å². The van der Waals surface area contributed by atoms with Gasteiger partial charge in [-0.1, -0.05) is 78.4 Å². The molecule has 0 fully saturated rings. The van der Waals surface area contributed by atoms with E-state index in [0.717, 1.165) is 22.1 Å². The highest BCUT2D eigenvalue weighted by molar-refractivity contribution is 6.32. The molecule has 0 bridgehead atoms. The van der Waals surface area contributed by atoms with E-state index < -0.39 is 5.60 Å². The Kier molecular flexibility index (Phi) is 6.83. The molecular formula is C31H26ClNO4. The maximum atomic E-state index is 12.9. The Balaban J connectivity index is 1.50. The van der Waals surface area contributed by atoms with Crippen LogP contribution in [0.3, 0.4) is 0 Å². The lowest BCUT2D eigenvalue weighted by molar-refractivity contribution is -0.142. The lowest BCUT2D eigenvalue weighted by atomic mass is 9.83. The molecule has 3 aromatic carbocycles. The fourth-order valence-corrected chi connectivity index (χ4v) is 5.00. The summed E-state index contributed by atoms with van der Waals surface area (Å²) in [6.45, 7) is 2.08. The number of halogens is 1. The summed E-state index contributed by atoms with van der Waals surface area (Å²) in [5.41, 5.74) is 3.63. The van der Waals surface area contributed by atoms with Gasteiger partial charge in [0.1, 0.15) is 5.60 Å². The van der Waals surface area contributed by atoms with Gasteiger partial charge in [0.2, 0.25) is 0 Å². The zero-order valence-electron chi connectivity index (χ0n) is 20.3. The highest BCUT2D eigenvalue weighted by atomic mass is 35.5. The van der Waals surface area contributed by atoms with E-state index in [9.17, 15) is 14.7 Å². The molecule has 5 nitrogen and oxygen atoms in total. The minimum atomic E-state index is -1.28. The number of fused-ring (bicyclic) bond motifs is 1. The summed E-state index contributed by atoms with van der Waals surface area (Å²) in [7, 11) is 0. The third-order valence-corrected chi connectivity index (χ3v) is 6.88. The normalized spacial score (nSPS) is 17.0. The molecule has 1 heterocycles. The molecule has 186 valence electrons. The molecule has 0 aliphatic heterocycles. The van der Waals surface area contributed by atoms with E-state index in [4.69, 9.17) is 16.3 Å². The summed E-state index contributed by atoms with van der Waals surface area (Å²) in [5.74, 6) is -0.315. The molecule has 0 amide bonds. The Labute approximate surface area is 219 Å². The third-order valence-electron chi connectivity index (χ3n) is 6.57. The molecular weight excluding hydrogens is 486 g/mol. The fraction of sp³-hybridized carbons (Fsp3) is 0.161. The summed E-state index contributed by atoms with van der Waals surface area (Å²) in [4.78, 5) is 27.8. The summed E-state index contributed by atoms with van der Waals surface area (Å²) < 4.78 is 5.04. The van der Waals surface area contributed by atoms with Crippen molar-refractivity contribution in [1.82, 2.24) is 4.98 Å². The van der Waals surface area contributed by atoms with Crippen molar-refractivity contribution in [2.45, 2.75) is 25.4 Å². The molecule has 2 N–H and O–H groups in total. The summed E-state index contributed by atoms with van der Waals surface area (Å²) in [6.07, 6.45) is 6.18. The zero-order chi connectivity index (χ0) is 26.0. The summed E-state index contributed by atoms with van der Waals surface area (Å²) in [6, 6.07) is 22.6. The predicted molar refractivity (Wildman–Crippen MR) is 147 cm³/mol. The molecule has 1 aromatic heterocycles. The van der Waals surface area contributed by atoms with Crippen molar-refractivity contribution in [2.24, 2.45) is 0 Å². The number of hydrogen-bond acceptors (Lipinski definition) is 4. The van der Waals surface area contributed by atoms with E-state index in [1.54, 1.807) is 25.1 Å². The maximum Gasteiger partial charge on any atom is 0.310 e. The summed E-state index contributed by atoms with van der Waals surface area (Å²) >= 11 is 6.60. The number of carbonyl (C=O) groups excluding carboxylic acids is 1. The molecule has 1 atom stereocenters. The molecule has 4 aromatic rings. The first-order chi connectivity index (χ1) is 17.9. The van der Waals surface area contributed by atoms with Gasteiger partial charge in [-0.3, -0.25) is 9.59 Å². The molecule has 0 saturated carbocycles. The van der Waals surface area contributed by atoms with E-state index in [-0.39, 0.29) is 17.9 Å². The average Bonchev–Trinajstić information content (AvgIpc) is 2.89. The number of rotatable bonds is 6. The molecule has 0 spiro atoms. The number of nitrogens with one attached hydrogen (secondary N) is 1. The molecule has 1 aliphatic rings. The van der Waals surface area contributed by atoms with Gasteiger partial charge in [-0.25, -0.2) is 0 Å². The average molecular weight is 512 g/mol. The van der Waals surface area contributed by atoms with Crippen LogP contribution in [0.5, 0.6) is 0 Å². The van der Waals surface area contributed by atoms with Crippen LogP contribution >= 0.6 is 11.6 Å². The number of aromatic nitrogens is 1. The Hall–Kier alpha value is -3.93. The number of aromatic amines is 1. The van der Waals surface area contributed by atoms with Crippen molar-refractivity contribution in [2.75, 3.05) is 6.61 Å². The predicted octanol–water partition coefficient (Wildman–Crippen LogP) is 6.19. The minimum absolute atomic E-state index is 0.130. The Bertz CT molecular complexity index is 1600. The second kappa shape index (κ2) is 10.2.